The van der Waals surface area contributed by atoms with E-state index >= 15 is 0 Å². The lowest BCUT2D eigenvalue weighted by molar-refractivity contribution is 0.0948. The maximum absolute atomic E-state index is 12.9. The number of hydrogen-bond acceptors (Lipinski definition) is 4. The molecule has 26 heavy (non-hydrogen) atoms. The number of rotatable bonds is 5. The maximum atomic E-state index is 12.9. The molecule has 0 saturated heterocycles. The van der Waals surface area contributed by atoms with Crippen LogP contribution in [-0.2, 0) is 6.54 Å². The van der Waals surface area contributed by atoms with Gasteiger partial charge < -0.3 is 14.5 Å². The summed E-state index contributed by atoms with van der Waals surface area (Å²) in [6.07, 6.45) is 1.61. The highest BCUT2D eigenvalue weighted by molar-refractivity contribution is 9.10. The Morgan fingerprint density at radius 1 is 1.19 bits per heavy atom. The van der Waals surface area contributed by atoms with E-state index in [1.807, 2.05) is 0 Å². The molecule has 0 radical (unpaired) electrons. The van der Waals surface area contributed by atoms with Crippen LogP contribution in [-0.4, -0.2) is 10.9 Å². The third kappa shape index (κ3) is 4.11. The zero-order valence-corrected chi connectivity index (χ0v) is 15.8. The molecule has 2 heterocycles. The molecule has 1 aromatic carbocycles. The third-order valence-corrected chi connectivity index (χ3v) is 4.66. The van der Waals surface area contributed by atoms with E-state index in [0.29, 0.717) is 39.7 Å². The molecular weight excluding hydrogens is 403 g/mol. The van der Waals surface area contributed by atoms with Gasteiger partial charge in [0.1, 0.15) is 23.1 Å². The molecule has 134 valence electrons. The minimum absolute atomic E-state index is 0.224. The summed E-state index contributed by atoms with van der Waals surface area (Å²) in [6, 6.07) is 9.17. The molecule has 5 nitrogen and oxygen atoms in total. The first kappa shape index (κ1) is 18.1. The fraction of sp³-hybridized carbons (Fsp3) is 0.158. The van der Waals surface area contributed by atoms with Crippen molar-refractivity contribution < 1.29 is 18.3 Å². The van der Waals surface area contributed by atoms with Crippen LogP contribution >= 0.6 is 15.9 Å². The maximum Gasteiger partial charge on any atom is 0.256 e. The monoisotopic (exact) mass is 418 g/mol. The topological polar surface area (TPSA) is 64.4 Å². The average Bonchev–Trinajstić information content (AvgIpc) is 2.88. The molecular formula is C19H16BrFN2O3. The lowest BCUT2D eigenvalue weighted by Gasteiger charge is -2.07. The zero-order chi connectivity index (χ0) is 18.7. The van der Waals surface area contributed by atoms with Crippen LogP contribution in [0.15, 0.2) is 51.5 Å². The second-order valence-electron chi connectivity index (χ2n) is 5.65. The van der Waals surface area contributed by atoms with Crippen LogP contribution in [0.4, 0.5) is 4.39 Å². The second-order valence-corrected chi connectivity index (χ2v) is 6.44. The van der Waals surface area contributed by atoms with Crippen molar-refractivity contribution >= 4 is 21.8 Å². The summed E-state index contributed by atoms with van der Waals surface area (Å²) in [5.41, 5.74) is 1.31. The van der Waals surface area contributed by atoms with Crippen molar-refractivity contribution in [2.75, 3.05) is 0 Å². The molecule has 2 aromatic heterocycles. The number of aryl methyl sites for hydroxylation is 2. The quantitative estimate of drug-likeness (QED) is 0.638. The van der Waals surface area contributed by atoms with Crippen molar-refractivity contribution in [2.45, 2.75) is 20.4 Å². The number of furan rings is 1. The SMILES string of the molecule is Cc1oc(C)c(C(=O)NCc2ccc(Oc3ccc(F)cc3)nc2)c1Br. The van der Waals surface area contributed by atoms with Crippen molar-refractivity contribution in [1.29, 1.82) is 0 Å². The van der Waals surface area contributed by atoms with E-state index in [2.05, 4.69) is 26.2 Å². The summed E-state index contributed by atoms with van der Waals surface area (Å²) >= 11 is 3.37. The Bertz CT molecular complexity index is 921. The summed E-state index contributed by atoms with van der Waals surface area (Å²) < 4.78 is 24.5. The van der Waals surface area contributed by atoms with E-state index in [1.165, 1.54) is 24.3 Å². The van der Waals surface area contributed by atoms with Crippen LogP contribution in [0.3, 0.4) is 0 Å². The van der Waals surface area contributed by atoms with Crippen molar-refractivity contribution in [1.82, 2.24) is 10.3 Å². The molecule has 0 aliphatic heterocycles. The highest BCUT2D eigenvalue weighted by Gasteiger charge is 2.19. The largest absolute Gasteiger partial charge is 0.465 e. The molecule has 0 bridgehead atoms. The van der Waals surface area contributed by atoms with Crippen LogP contribution in [0.5, 0.6) is 11.6 Å². The Hall–Kier alpha value is -2.67. The Morgan fingerprint density at radius 3 is 2.50 bits per heavy atom. The van der Waals surface area contributed by atoms with Gasteiger partial charge in [0, 0.05) is 18.8 Å². The molecule has 7 heteroatoms. The van der Waals surface area contributed by atoms with Gasteiger partial charge >= 0.3 is 0 Å². The number of carbonyl (C=O) groups is 1. The molecule has 3 rings (SSSR count). The summed E-state index contributed by atoms with van der Waals surface area (Å²) in [4.78, 5) is 16.5. The molecule has 1 amide bonds. The molecule has 0 spiro atoms. The first-order chi connectivity index (χ1) is 12.4. The number of aromatic nitrogens is 1. The number of hydrogen-bond donors (Lipinski definition) is 1. The minimum atomic E-state index is -0.328. The number of pyridine rings is 1. The number of benzene rings is 1. The number of ether oxygens (including phenoxy) is 1. The Labute approximate surface area is 158 Å². The molecule has 0 atom stereocenters. The smallest absolute Gasteiger partial charge is 0.256 e. The predicted molar refractivity (Wildman–Crippen MR) is 97.8 cm³/mol. The van der Waals surface area contributed by atoms with Crippen molar-refractivity contribution in [2.24, 2.45) is 0 Å². The van der Waals surface area contributed by atoms with Crippen LogP contribution in [0.25, 0.3) is 0 Å². The molecule has 0 unspecified atom stereocenters. The van der Waals surface area contributed by atoms with Gasteiger partial charge in [-0.1, -0.05) is 6.07 Å². The standard InChI is InChI=1S/C19H16BrFN2O3/c1-11-17(18(20)12(2)25-11)19(24)23-10-13-3-8-16(22-9-13)26-15-6-4-14(21)5-7-15/h3-9H,10H2,1-2H3,(H,23,24). The number of nitrogens with one attached hydrogen (secondary N) is 1. The summed E-state index contributed by atoms with van der Waals surface area (Å²) in [5.74, 6) is 1.56. The van der Waals surface area contributed by atoms with E-state index in [9.17, 15) is 9.18 Å². The van der Waals surface area contributed by atoms with Gasteiger partial charge in [0.25, 0.3) is 5.91 Å². The number of nitrogens with zero attached hydrogens (tertiary/aromatic N) is 1. The second kappa shape index (κ2) is 7.70. The summed E-state index contributed by atoms with van der Waals surface area (Å²) in [7, 11) is 0. The first-order valence-electron chi connectivity index (χ1n) is 7.86. The number of amides is 1. The Balaban J connectivity index is 1.60. The number of carbonyl (C=O) groups excluding carboxylic acids is 1. The Morgan fingerprint density at radius 2 is 1.92 bits per heavy atom. The molecule has 0 fully saturated rings. The molecule has 1 N–H and O–H groups in total. The molecule has 0 aliphatic rings. The predicted octanol–water partition coefficient (Wildman–Crippen LogP) is 4.92. The van der Waals surface area contributed by atoms with Gasteiger partial charge in [-0.2, -0.15) is 0 Å². The lowest BCUT2D eigenvalue weighted by Crippen LogP contribution is -2.23. The van der Waals surface area contributed by atoms with Gasteiger partial charge in [-0.25, -0.2) is 9.37 Å². The van der Waals surface area contributed by atoms with Crippen molar-refractivity contribution in [3.05, 3.63) is 75.5 Å². The summed E-state index contributed by atoms with van der Waals surface area (Å²) in [5, 5.41) is 2.83. The van der Waals surface area contributed by atoms with Crippen LogP contribution < -0.4 is 10.1 Å². The van der Waals surface area contributed by atoms with Gasteiger partial charge in [-0.15, -0.1) is 0 Å². The molecule has 3 aromatic rings. The molecule has 0 aliphatic carbocycles. The summed E-state index contributed by atoms with van der Waals surface area (Å²) in [6.45, 7) is 3.85. The van der Waals surface area contributed by atoms with Gasteiger partial charge in [0.05, 0.1) is 10.0 Å². The van der Waals surface area contributed by atoms with Gasteiger partial charge in [-0.3, -0.25) is 4.79 Å². The van der Waals surface area contributed by atoms with Gasteiger partial charge in [-0.05, 0) is 59.6 Å². The number of halogens is 2. The van der Waals surface area contributed by atoms with E-state index < -0.39 is 0 Å². The van der Waals surface area contributed by atoms with E-state index in [4.69, 9.17) is 9.15 Å². The zero-order valence-electron chi connectivity index (χ0n) is 14.2. The molecule has 0 saturated carbocycles. The van der Waals surface area contributed by atoms with Gasteiger partial charge in [0.2, 0.25) is 5.88 Å². The normalized spacial score (nSPS) is 10.6. The van der Waals surface area contributed by atoms with Crippen LogP contribution in [0, 0.1) is 19.7 Å². The minimum Gasteiger partial charge on any atom is -0.465 e. The average molecular weight is 419 g/mol. The highest BCUT2D eigenvalue weighted by Crippen LogP contribution is 2.27. The first-order valence-corrected chi connectivity index (χ1v) is 8.65. The van der Waals surface area contributed by atoms with Gasteiger partial charge in [0.15, 0.2) is 0 Å². The van der Waals surface area contributed by atoms with E-state index in [0.717, 1.165) is 5.56 Å². The lowest BCUT2D eigenvalue weighted by atomic mass is 10.2. The van der Waals surface area contributed by atoms with E-state index in [1.54, 1.807) is 32.2 Å². The van der Waals surface area contributed by atoms with Crippen molar-refractivity contribution in [3.8, 4) is 11.6 Å². The van der Waals surface area contributed by atoms with Crippen molar-refractivity contribution in [3.63, 3.8) is 0 Å². The van der Waals surface area contributed by atoms with E-state index in [-0.39, 0.29) is 11.7 Å². The van der Waals surface area contributed by atoms with Crippen LogP contribution in [0.1, 0.15) is 27.4 Å². The fourth-order valence-corrected chi connectivity index (χ4v) is 2.93. The Kier molecular flexibility index (Phi) is 5.37. The fourth-order valence-electron chi connectivity index (χ4n) is 2.39. The highest BCUT2D eigenvalue weighted by atomic mass is 79.9. The van der Waals surface area contributed by atoms with Crippen LogP contribution in [0.2, 0.25) is 0 Å². The third-order valence-electron chi connectivity index (χ3n) is 3.70.